The molecule has 1 rings (SSSR count). The van der Waals surface area contributed by atoms with Gasteiger partial charge in [0, 0.05) is 52.3 Å². The molecular weight excluding hydrogens is 288 g/mol. The van der Waals surface area contributed by atoms with Crippen molar-refractivity contribution in [3.8, 4) is 6.07 Å². The van der Waals surface area contributed by atoms with E-state index >= 15 is 0 Å². The lowest BCUT2D eigenvalue weighted by molar-refractivity contribution is -0.137. The molecule has 0 aromatic rings. The Labute approximate surface area is 129 Å². The molecule has 1 aliphatic heterocycles. The molecule has 1 saturated heterocycles. The number of nitrogens with zero attached hydrogens (tertiary/aromatic N) is 3. The molecule has 120 valence electrons. The lowest BCUT2D eigenvalue weighted by atomic mass is 10.2. The van der Waals surface area contributed by atoms with Crippen LogP contribution >= 0.6 is 0 Å². The second-order valence-electron chi connectivity index (χ2n) is 4.95. The number of carbonyl (C=O) groups excluding carboxylic acids is 2. The van der Waals surface area contributed by atoms with Gasteiger partial charge in [-0.15, -0.1) is 0 Å². The molecule has 22 heavy (non-hydrogen) atoms. The Morgan fingerprint density at radius 1 is 1.27 bits per heavy atom. The molecule has 0 atom stereocenters. The van der Waals surface area contributed by atoms with Crippen LogP contribution in [0.2, 0.25) is 0 Å². The van der Waals surface area contributed by atoms with Crippen LogP contribution in [0.1, 0.15) is 19.8 Å². The van der Waals surface area contributed by atoms with Gasteiger partial charge in [0.2, 0.25) is 5.91 Å². The fourth-order valence-electron chi connectivity index (χ4n) is 2.02. The summed E-state index contributed by atoms with van der Waals surface area (Å²) in [5, 5.41) is 20.1. The molecule has 0 bridgehead atoms. The minimum atomic E-state index is -0.923. The van der Waals surface area contributed by atoms with Crippen molar-refractivity contribution in [3.63, 3.8) is 0 Å². The van der Waals surface area contributed by atoms with Crippen LogP contribution in [0.4, 0.5) is 0 Å². The Balaban J connectivity index is 2.46. The first-order chi connectivity index (χ1) is 10.4. The third kappa shape index (κ3) is 5.83. The largest absolute Gasteiger partial charge is 0.481 e. The highest BCUT2D eigenvalue weighted by molar-refractivity contribution is 5.97. The second-order valence-corrected chi connectivity index (χ2v) is 4.95. The molecule has 2 amide bonds. The standard InChI is InChI=1S/C14H20N4O4/c1-11(19)18-7-5-17(6-8-18)10-12(9-15)14(22)16-4-2-3-13(20)21/h10H,2-8H2,1H3,(H,16,22)(H,20,21)/b12-10-. The zero-order valence-electron chi connectivity index (χ0n) is 12.5. The van der Waals surface area contributed by atoms with Gasteiger partial charge in [0.1, 0.15) is 11.6 Å². The zero-order chi connectivity index (χ0) is 16.5. The van der Waals surface area contributed by atoms with E-state index in [0.717, 1.165) is 0 Å². The summed E-state index contributed by atoms with van der Waals surface area (Å²) in [6, 6.07) is 1.84. The van der Waals surface area contributed by atoms with Gasteiger partial charge >= 0.3 is 5.97 Å². The lowest BCUT2D eigenvalue weighted by Crippen LogP contribution is -2.46. The molecule has 2 N–H and O–H groups in total. The van der Waals surface area contributed by atoms with E-state index in [-0.39, 0.29) is 24.4 Å². The van der Waals surface area contributed by atoms with Crippen molar-refractivity contribution in [2.45, 2.75) is 19.8 Å². The summed E-state index contributed by atoms with van der Waals surface area (Å²) in [4.78, 5) is 36.9. The van der Waals surface area contributed by atoms with Crippen molar-refractivity contribution < 1.29 is 19.5 Å². The smallest absolute Gasteiger partial charge is 0.303 e. The number of amides is 2. The predicted octanol–water partition coefficient (Wildman–Crippen LogP) is -0.461. The highest BCUT2D eigenvalue weighted by Gasteiger charge is 2.18. The summed E-state index contributed by atoms with van der Waals surface area (Å²) in [6.45, 7) is 3.97. The minimum Gasteiger partial charge on any atom is -0.481 e. The van der Waals surface area contributed by atoms with E-state index in [2.05, 4.69) is 5.32 Å². The van der Waals surface area contributed by atoms with E-state index in [4.69, 9.17) is 10.4 Å². The van der Waals surface area contributed by atoms with Crippen molar-refractivity contribution in [1.82, 2.24) is 15.1 Å². The summed E-state index contributed by atoms with van der Waals surface area (Å²) in [5.74, 6) is -1.42. The normalized spacial score (nSPS) is 15.2. The Bertz CT molecular complexity index is 501. The number of carbonyl (C=O) groups is 3. The summed E-state index contributed by atoms with van der Waals surface area (Å²) in [5.41, 5.74) is -0.0217. The van der Waals surface area contributed by atoms with Gasteiger partial charge in [-0.05, 0) is 6.42 Å². The van der Waals surface area contributed by atoms with E-state index < -0.39 is 11.9 Å². The summed E-state index contributed by atoms with van der Waals surface area (Å²) in [6.07, 6.45) is 1.78. The number of carboxylic acids is 1. The first kappa shape index (κ1) is 17.5. The van der Waals surface area contributed by atoms with Crippen LogP contribution in [0.3, 0.4) is 0 Å². The minimum absolute atomic E-state index is 0.0142. The van der Waals surface area contributed by atoms with E-state index in [1.165, 1.54) is 13.1 Å². The molecule has 0 saturated carbocycles. The van der Waals surface area contributed by atoms with Gasteiger partial charge in [-0.2, -0.15) is 5.26 Å². The Morgan fingerprint density at radius 2 is 1.91 bits per heavy atom. The third-order valence-corrected chi connectivity index (χ3v) is 3.29. The summed E-state index contributed by atoms with van der Waals surface area (Å²) >= 11 is 0. The first-order valence-corrected chi connectivity index (χ1v) is 7.05. The van der Waals surface area contributed by atoms with Crippen LogP contribution in [0, 0.1) is 11.3 Å². The predicted molar refractivity (Wildman–Crippen MR) is 77.4 cm³/mol. The van der Waals surface area contributed by atoms with Gasteiger partial charge in [0.15, 0.2) is 0 Å². The van der Waals surface area contributed by atoms with Gasteiger partial charge in [-0.3, -0.25) is 14.4 Å². The van der Waals surface area contributed by atoms with E-state index in [1.54, 1.807) is 4.90 Å². The van der Waals surface area contributed by atoms with Crippen molar-refractivity contribution in [3.05, 3.63) is 11.8 Å². The van der Waals surface area contributed by atoms with Crippen molar-refractivity contribution in [1.29, 1.82) is 5.26 Å². The maximum atomic E-state index is 11.8. The lowest BCUT2D eigenvalue weighted by Gasteiger charge is -2.33. The van der Waals surface area contributed by atoms with E-state index in [0.29, 0.717) is 32.6 Å². The van der Waals surface area contributed by atoms with Crippen LogP contribution in [0.25, 0.3) is 0 Å². The van der Waals surface area contributed by atoms with Crippen LogP contribution in [-0.4, -0.2) is 65.4 Å². The molecule has 1 fully saturated rings. The number of hydrogen-bond acceptors (Lipinski definition) is 5. The van der Waals surface area contributed by atoms with Crippen molar-refractivity contribution in [2.75, 3.05) is 32.7 Å². The Kier molecular flexibility index (Phi) is 6.89. The Morgan fingerprint density at radius 3 is 2.41 bits per heavy atom. The molecule has 8 heteroatoms. The van der Waals surface area contributed by atoms with E-state index in [9.17, 15) is 14.4 Å². The molecule has 0 radical (unpaired) electrons. The van der Waals surface area contributed by atoms with Gasteiger partial charge in [0.25, 0.3) is 5.91 Å². The molecule has 0 aliphatic carbocycles. The van der Waals surface area contributed by atoms with Crippen molar-refractivity contribution in [2.24, 2.45) is 0 Å². The fourth-order valence-corrected chi connectivity index (χ4v) is 2.02. The highest BCUT2D eigenvalue weighted by Crippen LogP contribution is 2.05. The Hall–Kier alpha value is -2.56. The van der Waals surface area contributed by atoms with Crippen LogP contribution in [0.5, 0.6) is 0 Å². The molecular formula is C14H20N4O4. The molecule has 1 aliphatic rings. The van der Waals surface area contributed by atoms with Crippen LogP contribution in [-0.2, 0) is 14.4 Å². The quantitative estimate of drug-likeness (QED) is 0.390. The average Bonchev–Trinajstić information content (AvgIpc) is 2.49. The van der Waals surface area contributed by atoms with Crippen LogP contribution < -0.4 is 5.32 Å². The summed E-state index contributed by atoms with van der Waals surface area (Å²) < 4.78 is 0. The SMILES string of the molecule is CC(=O)N1CCN(/C=C(/C#N)C(=O)NCCCC(=O)O)CC1. The number of carboxylic acid groups (broad SMARTS) is 1. The fraction of sp³-hybridized carbons (Fsp3) is 0.571. The van der Waals surface area contributed by atoms with Crippen molar-refractivity contribution >= 4 is 17.8 Å². The molecule has 0 aromatic heterocycles. The molecule has 1 heterocycles. The van der Waals surface area contributed by atoms with Crippen LogP contribution in [0.15, 0.2) is 11.8 Å². The summed E-state index contributed by atoms with van der Waals surface area (Å²) in [7, 11) is 0. The monoisotopic (exact) mass is 308 g/mol. The van der Waals surface area contributed by atoms with E-state index in [1.807, 2.05) is 11.0 Å². The number of aliphatic carboxylic acids is 1. The number of rotatable bonds is 6. The number of hydrogen-bond donors (Lipinski definition) is 2. The number of piperazine rings is 1. The number of nitriles is 1. The molecule has 0 aromatic carbocycles. The highest BCUT2D eigenvalue weighted by atomic mass is 16.4. The molecule has 0 unspecified atom stereocenters. The average molecular weight is 308 g/mol. The van der Waals surface area contributed by atoms with Gasteiger partial charge in [0.05, 0.1) is 0 Å². The van der Waals surface area contributed by atoms with Gasteiger partial charge in [-0.1, -0.05) is 0 Å². The number of nitrogens with one attached hydrogen (secondary N) is 1. The first-order valence-electron chi connectivity index (χ1n) is 7.05. The molecule has 8 nitrogen and oxygen atoms in total. The third-order valence-electron chi connectivity index (χ3n) is 3.29. The van der Waals surface area contributed by atoms with Gasteiger partial charge in [-0.25, -0.2) is 0 Å². The maximum Gasteiger partial charge on any atom is 0.303 e. The zero-order valence-corrected chi connectivity index (χ0v) is 12.5. The topological polar surface area (TPSA) is 114 Å². The molecule has 0 spiro atoms. The van der Waals surface area contributed by atoms with Gasteiger partial charge < -0.3 is 20.2 Å². The maximum absolute atomic E-state index is 11.8. The second kappa shape index (κ2) is 8.67.